The fourth-order valence-corrected chi connectivity index (χ4v) is 2.64. The van der Waals surface area contributed by atoms with Gasteiger partial charge in [-0.25, -0.2) is 8.78 Å². The van der Waals surface area contributed by atoms with Crippen LogP contribution in [0.15, 0.2) is 30.4 Å². The van der Waals surface area contributed by atoms with E-state index in [1.54, 1.807) is 25.1 Å². The van der Waals surface area contributed by atoms with E-state index in [4.69, 9.17) is 11.6 Å². The Morgan fingerprint density at radius 3 is 2.68 bits per heavy atom. The van der Waals surface area contributed by atoms with E-state index < -0.39 is 17.4 Å². The fourth-order valence-electron chi connectivity index (χ4n) is 2.34. The van der Waals surface area contributed by atoms with Crippen LogP contribution in [0.2, 0.25) is 5.02 Å². The maximum Gasteiger partial charge on any atom is 0.149 e. The van der Waals surface area contributed by atoms with Crippen LogP contribution < -0.4 is 0 Å². The fraction of sp³-hybridized carbons (Fsp3) is 0.375. The first-order valence-corrected chi connectivity index (χ1v) is 6.81. The smallest absolute Gasteiger partial charge is 0.149 e. The van der Waals surface area contributed by atoms with Gasteiger partial charge in [-0.3, -0.25) is 0 Å². The van der Waals surface area contributed by atoms with Gasteiger partial charge < -0.3 is 0 Å². The highest BCUT2D eigenvalue weighted by molar-refractivity contribution is 6.31. The van der Waals surface area contributed by atoms with E-state index in [0.29, 0.717) is 17.6 Å². The number of aryl methyl sites for hydroxylation is 1. The van der Waals surface area contributed by atoms with Gasteiger partial charge in [-0.2, -0.15) is 0 Å². The molecule has 3 heteroatoms. The summed E-state index contributed by atoms with van der Waals surface area (Å²) in [6.45, 7) is 5.18. The van der Waals surface area contributed by atoms with E-state index in [1.807, 2.05) is 13.0 Å². The average Bonchev–Trinajstić information content (AvgIpc) is 2.37. The number of hydrogen-bond donors (Lipinski definition) is 0. The standard InChI is InChI=1S/C16H17ClF2/c1-4-11-7-8-13(15(18)14(11)17)12-6-5-9-16(3,19)10(12)2/h5-10H,4H2,1-3H3. The Bertz CT molecular complexity index is 556. The molecule has 0 aromatic heterocycles. The molecule has 1 aromatic carbocycles. The molecule has 1 aliphatic rings. The Morgan fingerprint density at radius 2 is 2.05 bits per heavy atom. The molecule has 2 unspecified atom stereocenters. The Balaban J connectivity index is 2.52. The minimum absolute atomic E-state index is 0.142. The molecule has 0 saturated heterocycles. The molecule has 19 heavy (non-hydrogen) atoms. The molecule has 2 rings (SSSR count). The summed E-state index contributed by atoms with van der Waals surface area (Å²) in [5, 5.41) is 0.142. The van der Waals surface area contributed by atoms with Crippen LogP contribution >= 0.6 is 11.6 Å². The van der Waals surface area contributed by atoms with Gasteiger partial charge in [-0.1, -0.05) is 49.7 Å². The third-order valence-electron chi connectivity index (χ3n) is 3.87. The third kappa shape index (κ3) is 2.46. The monoisotopic (exact) mass is 282 g/mol. The number of alkyl halides is 1. The van der Waals surface area contributed by atoms with Crippen molar-refractivity contribution >= 4 is 17.2 Å². The number of hydrogen-bond acceptors (Lipinski definition) is 0. The van der Waals surface area contributed by atoms with E-state index in [9.17, 15) is 8.78 Å². The van der Waals surface area contributed by atoms with Gasteiger partial charge in [-0.15, -0.1) is 0 Å². The van der Waals surface area contributed by atoms with E-state index in [-0.39, 0.29) is 5.02 Å². The van der Waals surface area contributed by atoms with Crippen LogP contribution in [0.25, 0.3) is 5.57 Å². The summed E-state index contributed by atoms with van der Waals surface area (Å²) in [7, 11) is 0. The van der Waals surface area contributed by atoms with E-state index >= 15 is 0 Å². The number of benzene rings is 1. The summed E-state index contributed by atoms with van der Waals surface area (Å²) in [4.78, 5) is 0. The van der Waals surface area contributed by atoms with Gasteiger partial charge in [0.1, 0.15) is 11.5 Å². The largest absolute Gasteiger partial charge is 0.239 e. The van der Waals surface area contributed by atoms with Gasteiger partial charge in [0.25, 0.3) is 0 Å². The Morgan fingerprint density at radius 1 is 1.37 bits per heavy atom. The van der Waals surface area contributed by atoms with Crippen molar-refractivity contribution in [2.75, 3.05) is 0 Å². The Hall–Kier alpha value is -1.15. The van der Waals surface area contributed by atoms with Crippen molar-refractivity contribution in [3.05, 3.63) is 52.3 Å². The van der Waals surface area contributed by atoms with Crippen LogP contribution in [-0.4, -0.2) is 5.67 Å². The summed E-state index contributed by atoms with van der Waals surface area (Å²) >= 11 is 6.02. The number of rotatable bonds is 2. The normalized spacial score (nSPS) is 26.4. The Labute approximate surface area is 117 Å². The first-order valence-electron chi connectivity index (χ1n) is 6.44. The lowest BCUT2D eigenvalue weighted by atomic mass is 9.79. The lowest BCUT2D eigenvalue weighted by molar-refractivity contribution is 0.206. The zero-order valence-electron chi connectivity index (χ0n) is 11.3. The van der Waals surface area contributed by atoms with E-state index in [2.05, 4.69) is 0 Å². The first-order chi connectivity index (χ1) is 8.88. The molecule has 0 spiro atoms. The van der Waals surface area contributed by atoms with Crippen LogP contribution in [0.1, 0.15) is 31.9 Å². The second-order valence-electron chi connectivity index (χ2n) is 5.11. The minimum Gasteiger partial charge on any atom is -0.239 e. The highest BCUT2D eigenvalue weighted by Gasteiger charge is 2.34. The molecule has 0 radical (unpaired) electrons. The van der Waals surface area contributed by atoms with Gasteiger partial charge >= 0.3 is 0 Å². The van der Waals surface area contributed by atoms with Crippen LogP contribution in [0.5, 0.6) is 0 Å². The van der Waals surface area contributed by atoms with Gasteiger partial charge in [0.05, 0.1) is 5.02 Å². The van der Waals surface area contributed by atoms with Crippen molar-refractivity contribution in [2.45, 2.75) is 32.9 Å². The summed E-state index contributed by atoms with van der Waals surface area (Å²) in [6.07, 6.45) is 5.56. The van der Waals surface area contributed by atoms with E-state index in [0.717, 1.165) is 5.56 Å². The second kappa shape index (κ2) is 5.09. The SMILES string of the molecule is CCc1ccc(C2=CC=CC(C)(F)C2C)c(F)c1Cl. The summed E-state index contributed by atoms with van der Waals surface area (Å²) in [5.74, 6) is -0.860. The van der Waals surface area contributed by atoms with Crippen molar-refractivity contribution in [3.8, 4) is 0 Å². The third-order valence-corrected chi connectivity index (χ3v) is 4.27. The molecule has 2 atom stereocenters. The van der Waals surface area contributed by atoms with Crippen LogP contribution in [-0.2, 0) is 6.42 Å². The summed E-state index contributed by atoms with van der Waals surface area (Å²) in [6, 6.07) is 3.50. The molecular weight excluding hydrogens is 266 g/mol. The molecular formula is C16H17ClF2. The molecule has 0 fully saturated rings. The maximum absolute atomic E-state index is 14.3. The topological polar surface area (TPSA) is 0 Å². The van der Waals surface area contributed by atoms with Crippen LogP contribution in [0.3, 0.4) is 0 Å². The van der Waals surface area contributed by atoms with E-state index in [1.165, 1.54) is 13.0 Å². The number of allylic oxidation sites excluding steroid dienone is 4. The maximum atomic E-state index is 14.3. The van der Waals surface area contributed by atoms with Crippen LogP contribution in [0.4, 0.5) is 8.78 Å². The molecule has 1 aliphatic carbocycles. The highest BCUT2D eigenvalue weighted by atomic mass is 35.5. The van der Waals surface area contributed by atoms with Crippen molar-refractivity contribution in [2.24, 2.45) is 5.92 Å². The minimum atomic E-state index is -1.47. The molecule has 0 amide bonds. The highest BCUT2D eigenvalue weighted by Crippen LogP contribution is 2.40. The van der Waals surface area contributed by atoms with Crippen molar-refractivity contribution in [3.63, 3.8) is 0 Å². The lowest BCUT2D eigenvalue weighted by Crippen LogP contribution is -2.28. The average molecular weight is 283 g/mol. The molecule has 0 nitrogen and oxygen atoms in total. The molecule has 0 N–H and O–H groups in total. The predicted molar refractivity (Wildman–Crippen MR) is 76.6 cm³/mol. The zero-order valence-corrected chi connectivity index (χ0v) is 12.1. The van der Waals surface area contributed by atoms with Crippen molar-refractivity contribution < 1.29 is 8.78 Å². The molecule has 0 bridgehead atoms. The number of halogens is 3. The lowest BCUT2D eigenvalue weighted by Gasteiger charge is -2.30. The molecule has 0 heterocycles. The van der Waals surface area contributed by atoms with Gasteiger partial charge in [-0.05, 0) is 30.6 Å². The van der Waals surface area contributed by atoms with Gasteiger partial charge in [0, 0.05) is 11.5 Å². The zero-order chi connectivity index (χ0) is 14.2. The second-order valence-corrected chi connectivity index (χ2v) is 5.49. The predicted octanol–water partition coefficient (Wildman–Crippen LogP) is 5.36. The van der Waals surface area contributed by atoms with Gasteiger partial charge in [0.15, 0.2) is 0 Å². The summed E-state index contributed by atoms with van der Waals surface area (Å²) in [5.41, 5.74) is 0.342. The van der Waals surface area contributed by atoms with Crippen molar-refractivity contribution in [1.82, 2.24) is 0 Å². The molecule has 102 valence electrons. The van der Waals surface area contributed by atoms with Crippen molar-refractivity contribution in [1.29, 1.82) is 0 Å². The molecule has 0 aliphatic heterocycles. The molecule has 1 aromatic rings. The van der Waals surface area contributed by atoms with Gasteiger partial charge in [0.2, 0.25) is 0 Å². The first kappa shape index (κ1) is 14.3. The quantitative estimate of drug-likeness (QED) is 0.685. The summed E-state index contributed by atoms with van der Waals surface area (Å²) < 4.78 is 28.6. The van der Waals surface area contributed by atoms with Crippen LogP contribution in [0, 0.1) is 11.7 Å². The Kier molecular flexibility index (Phi) is 3.82. The molecule has 0 saturated carbocycles.